The fourth-order valence-electron chi connectivity index (χ4n) is 0.970. The van der Waals surface area contributed by atoms with Crippen LogP contribution in [-0.4, -0.2) is 42.3 Å². The highest BCUT2D eigenvalue weighted by Crippen LogP contribution is 2.13. The maximum atomic E-state index is 11.6. The number of aromatic carboxylic acids is 1. The molecule has 0 spiro atoms. The van der Waals surface area contributed by atoms with E-state index in [2.05, 4.69) is 9.14 Å². The lowest BCUT2D eigenvalue weighted by molar-refractivity contribution is 0.0656. The van der Waals surface area contributed by atoms with Crippen LogP contribution < -0.4 is 4.72 Å². The number of carbonyl (C=O) groups is 1. The van der Waals surface area contributed by atoms with Gasteiger partial charge in [-0.05, 0) is 12.1 Å². The number of rotatable bonds is 6. The van der Waals surface area contributed by atoms with E-state index >= 15 is 0 Å². The van der Waals surface area contributed by atoms with Crippen molar-refractivity contribution in [1.29, 1.82) is 0 Å². The standard InChI is InChI=1S/C8H11NO6S2/c1-16(12)5-4-9-17(13,14)7-3-2-6(15-7)8(10)11/h2-3,9H,4-5H2,1H3,(H,10,11). The molecule has 9 heteroatoms. The van der Waals surface area contributed by atoms with Crippen molar-refractivity contribution in [3.63, 3.8) is 0 Å². The lowest BCUT2D eigenvalue weighted by Gasteiger charge is -2.02. The summed E-state index contributed by atoms with van der Waals surface area (Å²) in [7, 11) is -4.99. The minimum atomic E-state index is -3.88. The fraction of sp³-hybridized carbons (Fsp3) is 0.375. The third-order valence-corrected chi connectivity index (χ3v) is 3.85. The Bertz CT molecular complexity index is 532. The van der Waals surface area contributed by atoms with Crippen LogP contribution in [0.25, 0.3) is 0 Å². The van der Waals surface area contributed by atoms with Crippen molar-refractivity contribution in [2.45, 2.75) is 5.09 Å². The molecule has 17 heavy (non-hydrogen) atoms. The molecule has 0 bridgehead atoms. The average Bonchev–Trinajstić information content (AvgIpc) is 2.65. The van der Waals surface area contributed by atoms with Gasteiger partial charge in [-0.3, -0.25) is 4.21 Å². The molecular formula is C8H11NO6S2. The zero-order chi connectivity index (χ0) is 13.1. The van der Waals surface area contributed by atoms with Crippen LogP contribution in [0.4, 0.5) is 0 Å². The Kier molecular flexibility index (Phi) is 4.43. The van der Waals surface area contributed by atoms with Crippen LogP contribution in [0.2, 0.25) is 0 Å². The van der Waals surface area contributed by atoms with Gasteiger partial charge < -0.3 is 9.52 Å². The van der Waals surface area contributed by atoms with Crippen LogP contribution >= 0.6 is 0 Å². The average molecular weight is 281 g/mol. The first-order chi connectivity index (χ1) is 7.83. The topological polar surface area (TPSA) is 114 Å². The van der Waals surface area contributed by atoms with E-state index in [4.69, 9.17) is 5.11 Å². The Morgan fingerprint density at radius 3 is 2.65 bits per heavy atom. The number of carboxylic acids is 1. The summed E-state index contributed by atoms with van der Waals surface area (Å²) in [6.45, 7) is -0.00541. The van der Waals surface area contributed by atoms with E-state index in [0.29, 0.717) is 0 Å². The minimum absolute atomic E-state index is 0.00541. The Hall–Kier alpha value is -1.19. The third kappa shape index (κ3) is 3.95. The van der Waals surface area contributed by atoms with Crippen molar-refractivity contribution in [2.75, 3.05) is 18.6 Å². The first-order valence-corrected chi connectivity index (χ1v) is 7.67. The molecule has 1 unspecified atom stereocenters. The Balaban J connectivity index is 2.75. The second-order valence-electron chi connectivity index (χ2n) is 3.10. The molecule has 0 radical (unpaired) electrons. The number of nitrogens with one attached hydrogen (secondary N) is 1. The van der Waals surface area contributed by atoms with Gasteiger partial charge in [-0.2, -0.15) is 0 Å². The number of sulfonamides is 1. The largest absolute Gasteiger partial charge is 0.475 e. The molecule has 0 saturated carbocycles. The van der Waals surface area contributed by atoms with Gasteiger partial charge in [0, 0.05) is 29.4 Å². The van der Waals surface area contributed by atoms with Gasteiger partial charge in [0.2, 0.25) is 10.9 Å². The number of furan rings is 1. The van der Waals surface area contributed by atoms with Crippen molar-refractivity contribution in [3.8, 4) is 0 Å². The second-order valence-corrected chi connectivity index (χ2v) is 6.35. The molecule has 96 valence electrons. The maximum Gasteiger partial charge on any atom is 0.371 e. The predicted molar refractivity (Wildman–Crippen MR) is 59.8 cm³/mol. The molecule has 0 aliphatic rings. The second kappa shape index (κ2) is 5.43. The third-order valence-electron chi connectivity index (χ3n) is 1.74. The molecule has 0 fully saturated rings. The van der Waals surface area contributed by atoms with Crippen molar-refractivity contribution in [3.05, 3.63) is 17.9 Å². The quantitative estimate of drug-likeness (QED) is 0.735. The smallest absolute Gasteiger partial charge is 0.371 e. The van der Waals surface area contributed by atoms with Crippen LogP contribution in [-0.2, 0) is 20.8 Å². The van der Waals surface area contributed by atoms with Crippen LogP contribution in [0.3, 0.4) is 0 Å². The monoisotopic (exact) mass is 281 g/mol. The summed E-state index contributed by atoms with van der Waals surface area (Å²) < 4.78 is 40.6. The van der Waals surface area contributed by atoms with E-state index in [-0.39, 0.29) is 12.3 Å². The molecule has 1 atom stereocenters. The molecule has 0 aromatic carbocycles. The highest BCUT2D eigenvalue weighted by molar-refractivity contribution is 7.89. The molecular weight excluding hydrogens is 270 g/mol. The molecule has 7 nitrogen and oxygen atoms in total. The van der Waals surface area contributed by atoms with Crippen molar-refractivity contribution in [1.82, 2.24) is 4.72 Å². The SMILES string of the molecule is CS(=O)CCNS(=O)(=O)c1ccc(C(=O)O)o1. The molecule has 1 rings (SSSR count). The number of carboxylic acid groups (broad SMARTS) is 1. The zero-order valence-electron chi connectivity index (χ0n) is 8.87. The van der Waals surface area contributed by atoms with Crippen LogP contribution in [0.5, 0.6) is 0 Å². The van der Waals surface area contributed by atoms with Gasteiger partial charge in [0.25, 0.3) is 10.0 Å². The van der Waals surface area contributed by atoms with Gasteiger partial charge in [0.15, 0.2) is 0 Å². The lowest BCUT2D eigenvalue weighted by Crippen LogP contribution is -2.27. The van der Waals surface area contributed by atoms with Crippen molar-refractivity contribution in [2.24, 2.45) is 0 Å². The summed E-state index contributed by atoms with van der Waals surface area (Å²) in [4.78, 5) is 10.5. The van der Waals surface area contributed by atoms with E-state index in [1.165, 1.54) is 6.26 Å². The zero-order valence-corrected chi connectivity index (χ0v) is 10.5. The molecule has 1 heterocycles. The maximum absolute atomic E-state index is 11.6. The first-order valence-electron chi connectivity index (χ1n) is 4.46. The van der Waals surface area contributed by atoms with E-state index in [0.717, 1.165) is 12.1 Å². The van der Waals surface area contributed by atoms with Gasteiger partial charge >= 0.3 is 5.97 Å². The van der Waals surface area contributed by atoms with Gasteiger partial charge in [-0.1, -0.05) is 0 Å². The Labute approximate surface area is 100 Å². The fourth-order valence-corrected chi connectivity index (χ4v) is 2.45. The van der Waals surface area contributed by atoms with E-state index in [1.807, 2.05) is 0 Å². The summed E-state index contributed by atoms with van der Waals surface area (Å²) in [5.74, 6) is -1.63. The Morgan fingerprint density at radius 1 is 1.53 bits per heavy atom. The van der Waals surface area contributed by atoms with Gasteiger partial charge in [-0.15, -0.1) is 0 Å². The number of hydrogen-bond acceptors (Lipinski definition) is 5. The Morgan fingerprint density at radius 2 is 2.18 bits per heavy atom. The lowest BCUT2D eigenvalue weighted by atomic mass is 10.5. The molecule has 0 saturated heterocycles. The molecule has 2 N–H and O–H groups in total. The van der Waals surface area contributed by atoms with Gasteiger partial charge in [0.05, 0.1) is 0 Å². The normalized spacial score (nSPS) is 13.5. The molecule has 0 amide bonds. The highest BCUT2D eigenvalue weighted by atomic mass is 32.2. The van der Waals surface area contributed by atoms with Gasteiger partial charge in [0.1, 0.15) is 0 Å². The molecule has 1 aromatic rings. The van der Waals surface area contributed by atoms with Gasteiger partial charge in [-0.25, -0.2) is 17.9 Å². The number of hydrogen-bond donors (Lipinski definition) is 2. The van der Waals surface area contributed by atoms with Crippen LogP contribution in [0.15, 0.2) is 21.6 Å². The summed E-state index contributed by atoms with van der Waals surface area (Å²) in [5, 5.41) is 8.09. The van der Waals surface area contributed by atoms with Crippen molar-refractivity contribution < 1.29 is 26.9 Å². The molecule has 1 aromatic heterocycles. The highest BCUT2D eigenvalue weighted by Gasteiger charge is 2.20. The summed E-state index contributed by atoms with van der Waals surface area (Å²) in [6, 6.07) is 2.10. The van der Waals surface area contributed by atoms with Crippen LogP contribution in [0.1, 0.15) is 10.6 Å². The minimum Gasteiger partial charge on any atom is -0.475 e. The van der Waals surface area contributed by atoms with Crippen LogP contribution in [0, 0.1) is 0 Å². The van der Waals surface area contributed by atoms with Crippen molar-refractivity contribution >= 4 is 26.8 Å². The predicted octanol–water partition coefficient (Wildman–Crippen LogP) is -0.365. The molecule has 0 aliphatic carbocycles. The van der Waals surface area contributed by atoms with E-state index in [1.54, 1.807) is 0 Å². The van der Waals surface area contributed by atoms with E-state index in [9.17, 15) is 17.4 Å². The summed E-state index contributed by atoms with van der Waals surface area (Å²) in [6.07, 6.45) is 1.45. The van der Waals surface area contributed by atoms with E-state index < -0.39 is 37.6 Å². The summed E-state index contributed by atoms with van der Waals surface area (Å²) in [5.41, 5.74) is 0. The first kappa shape index (κ1) is 13.9. The summed E-state index contributed by atoms with van der Waals surface area (Å²) >= 11 is 0. The molecule has 0 aliphatic heterocycles.